The van der Waals surface area contributed by atoms with Crippen molar-refractivity contribution in [1.29, 1.82) is 0 Å². The summed E-state index contributed by atoms with van der Waals surface area (Å²) in [4.78, 5) is 8.56. The molecule has 2 aromatic carbocycles. The molecule has 0 fully saturated rings. The lowest BCUT2D eigenvalue weighted by Gasteiger charge is -2.15. The normalized spacial score (nSPS) is 10.5. The first-order valence-electron chi connectivity index (χ1n) is 8.67. The summed E-state index contributed by atoms with van der Waals surface area (Å²) in [5, 5.41) is 7.38. The van der Waals surface area contributed by atoms with Crippen LogP contribution in [0, 0.1) is 0 Å². The van der Waals surface area contributed by atoms with E-state index in [-0.39, 0.29) is 5.28 Å². The maximum absolute atomic E-state index is 6.28. The summed E-state index contributed by atoms with van der Waals surface area (Å²) in [7, 11) is 0. The van der Waals surface area contributed by atoms with E-state index in [1.54, 1.807) is 6.07 Å². The summed E-state index contributed by atoms with van der Waals surface area (Å²) >= 11 is 12.4. The summed E-state index contributed by atoms with van der Waals surface area (Å²) in [6.45, 7) is 7.17. The van der Waals surface area contributed by atoms with Gasteiger partial charge in [0.25, 0.3) is 0 Å². The van der Waals surface area contributed by atoms with Gasteiger partial charge in [0.2, 0.25) is 5.28 Å². The number of nitrogens with one attached hydrogen (secondary N) is 2. The molecule has 0 unspecified atom stereocenters. The number of para-hydroxylation sites is 1. The van der Waals surface area contributed by atoms with Gasteiger partial charge in [-0.2, -0.15) is 0 Å². The van der Waals surface area contributed by atoms with Crippen molar-refractivity contribution >= 4 is 40.4 Å². The summed E-state index contributed by atoms with van der Waals surface area (Å²) in [5.74, 6) is 0.556. The molecule has 3 aromatic rings. The van der Waals surface area contributed by atoms with Crippen molar-refractivity contribution in [3.8, 4) is 11.3 Å². The van der Waals surface area contributed by atoms with Crippen molar-refractivity contribution < 1.29 is 0 Å². The zero-order valence-electron chi connectivity index (χ0n) is 15.0. The second-order valence-electron chi connectivity index (χ2n) is 5.96. The minimum Gasteiger partial charge on any atom is -0.385 e. The number of anilines is 2. The van der Waals surface area contributed by atoms with E-state index in [1.165, 1.54) is 0 Å². The van der Waals surface area contributed by atoms with Crippen LogP contribution in [0.1, 0.15) is 18.9 Å². The van der Waals surface area contributed by atoms with Gasteiger partial charge in [-0.1, -0.05) is 61.5 Å². The Balaban J connectivity index is 1.88. The largest absolute Gasteiger partial charge is 0.385 e. The molecule has 0 aliphatic carbocycles. The third-order valence-electron chi connectivity index (χ3n) is 3.95. The maximum atomic E-state index is 6.28. The van der Waals surface area contributed by atoms with Crippen LogP contribution in [0.2, 0.25) is 10.3 Å². The molecule has 2 N–H and O–H groups in total. The topological polar surface area (TPSA) is 49.8 Å². The van der Waals surface area contributed by atoms with Crippen molar-refractivity contribution in [1.82, 2.24) is 9.97 Å². The van der Waals surface area contributed by atoms with Gasteiger partial charge in [-0.15, -0.1) is 0 Å². The molecule has 0 saturated carbocycles. The third-order valence-corrected chi connectivity index (χ3v) is 4.44. The first-order chi connectivity index (χ1) is 13.1. The Labute approximate surface area is 169 Å². The third kappa shape index (κ3) is 4.79. The highest BCUT2D eigenvalue weighted by Gasteiger charge is 2.11. The van der Waals surface area contributed by atoms with Gasteiger partial charge < -0.3 is 10.6 Å². The minimum absolute atomic E-state index is 0.139. The van der Waals surface area contributed by atoms with Gasteiger partial charge in [0.15, 0.2) is 0 Å². The number of halogens is 2. The van der Waals surface area contributed by atoms with Crippen molar-refractivity contribution in [3.05, 3.63) is 77.0 Å². The molecular weight excluding hydrogens is 379 g/mol. The van der Waals surface area contributed by atoms with Crippen molar-refractivity contribution in [2.75, 3.05) is 17.2 Å². The predicted octanol–water partition coefficient (Wildman–Crippen LogP) is 6.36. The fourth-order valence-electron chi connectivity index (χ4n) is 2.67. The fourth-order valence-corrected chi connectivity index (χ4v) is 3.09. The van der Waals surface area contributed by atoms with Gasteiger partial charge in [0.05, 0.1) is 5.69 Å². The molecule has 27 heavy (non-hydrogen) atoms. The van der Waals surface area contributed by atoms with E-state index >= 15 is 0 Å². The van der Waals surface area contributed by atoms with Gasteiger partial charge in [-0.3, -0.25) is 0 Å². The Morgan fingerprint density at radius 2 is 1.78 bits per heavy atom. The molecule has 138 valence electrons. The Morgan fingerprint density at radius 1 is 1.04 bits per heavy atom. The lowest BCUT2D eigenvalue weighted by atomic mass is 10.1. The monoisotopic (exact) mass is 398 g/mol. The molecule has 0 atom stereocenters. The number of hydrogen-bond donors (Lipinski definition) is 2. The van der Waals surface area contributed by atoms with Gasteiger partial charge in [0.1, 0.15) is 5.82 Å². The molecular formula is C21H20Cl2N4. The summed E-state index contributed by atoms with van der Waals surface area (Å²) in [6, 6.07) is 17.3. The van der Waals surface area contributed by atoms with Crippen LogP contribution >= 0.6 is 23.2 Å². The molecule has 0 amide bonds. The van der Waals surface area contributed by atoms with Crippen LogP contribution in [-0.2, 0) is 0 Å². The Bertz CT molecular complexity index is 956. The van der Waals surface area contributed by atoms with Crippen LogP contribution in [-0.4, -0.2) is 16.5 Å². The van der Waals surface area contributed by atoms with Crippen molar-refractivity contribution in [2.24, 2.45) is 0 Å². The lowest BCUT2D eigenvalue weighted by molar-refractivity contribution is 0.979. The fraction of sp³-hybridized carbons (Fsp3) is 0.143. The first-order valence-corrected chi connectivity index (χ1v) is 9.42. The minimum atomic E-state index is 0.139. The number of nitrogens with zero attached hydrogens (tertiary/aromatic N) is 2. The van der Waals surface area contributed by atoms with Crippen LogP contribution in [0.15, 0.2) is 61.2 Å². The van der Waals surface area contributed by atoms with Gasteiger partial charge >= 0.3 is 0 Å². The molecule has 0 aliphatic rings. The van der Waals surface area contributed by atoms with E-state index in [0.717, 1.165) is 29.8 Å². The Morgan fingerprint density at radius 3 is 2.56 bits per heavy atom. The smallest absolute Gasteiger partial charge is 0.224 e. The molecule has 0 aliphatic heterocycles. The SMILES string of the molecule is C=C(Nc1cc(-c2ccccc2Cl)nc(Cl)n1)c1ccccc1NCCC. The van der Waals surface area contributed by atoms with E-state index in [2.05, 4.69) is 34.1 Å². The zero-order valence-corrected chi connectivity index (χ0v) is 16.5. The molecule has 0 spiro atoms. The Kier molecular flexibility index (Phi) is 6.32. The van der Waals surface area contributed by atoms with Gasteiger partial charge in [-0.05, 0) is 30.2 Å². The van der Waals surface area contributed by atoms with Crippen LogP contribution in [0.3, 0.4) is 0 Å². The number of aromatic nitrogens is 2. The molecule has 3 rings (SSSR count). The van der Waals surface area contributed by atoms with Crippen LogP contribution in [0.4, 0.5) is 11.5 Å². The average molecular weight is 399 g/mol. The highest BCUT2D eigenvalue weighted by Crippen LogP contribution is 2.30. The Hall–Kier alpha value is -2.56. The van der Waals surface area contributed by atoms with Crippen molar-refractivity contribution in [3.63, 3.8) is 0 Å². The van der Waals surface area contributed by atoms with Gasteiger partial charge in [0, 0.05) is 40.1 Å². The average Bonchev–Trinajstić information content (AvgIpc) is 2.66. The molecule has 0 bridgehead atoms. The van der Waals surface area contributed by atoms with Crippen molar-refractivity contribution in [2.45, 2.75) is 13.3 Å². The summed E-state index contributed by atoms with van der Waals surface area (Å²) < 4.78 is 0. The molecule has 1 heterocycles. The van der Waals surface area contributed by atoms with E-state index < -0.39 is 0 Å². The molecule has 0 saturated heterocycles. The lowest BCUT2D eigenvalue weighted by Crippen LogP contribution is -2.06. The van der Waals surface area contributed by atoms with E-state index in [1.807, 2.05) is 48.5 Å². The maximum Gasteiger partial charge on any atom is 0.224 e. The second-order valence-corrected chi connectivity index (χ2v) is 6.71. The molecule has 0 radical (unpaired) electrons. The van der Waals surface area contributed by atoms with Gasteiger partial charge in [-0.25, -0.2) is 9.97 Å². The second kappa shape index (κ2) is 8.89. The van der Waals surface area contributed by atoms with Crippen LogP contribution in [0.5, 0.6) is 0 Å². The first kappa shape index (κ1) is 19.2. The zero-order chi connectivity index (χ0) is 19.2. The number of hydrogen-bond acceptors (Lipinski definition) is 4. The highest BCUT2D eigenvalue weighted by atomic mass is 35.5. The number of rotatable bonds is 7. The van der Waals surface area contributed by atoms with E-state index in [9.17, 15) is 0 Å². The number of benzene rings is 2. The summed E-state index contributed by atoms with van der Waals surface area (Å²) in [5.41, 5.74) is 4.15. The quantitative estimate of drug-likeness (QED) is 0.454. The van der Waals surface area contributed by atoms with E-state index in [4.69, 9.17) is 23.2 Å². The predicted molar refractivity (Wildman–Crippen MR) is 115 cm³/mol. The molecule has 6 heteroatoms. The van der Waals surface area contributed by atoms with Crippen LogP contribution in [0.25, 0.3) is 17.0 Å². The highest BCUT2D eigenvalue weighted by molar-refractivity contribution is 6.33. The standard InChI is InChI=1S/C21H20Cl2N4/c1-3-12-24-18-11-7-5-8-15(18)14(2)25-20-13-19(26-21(23)27-20)16-9-4-6-10-17(16)22/h4-11,13,24H,2-3,12H2,1H3,(H,25,26,27). The molecule has 4 nitrogen and oxygen atoms in total. The van der Waals surface area contributed by atoms with E-state index in [0.29, 0.717) is 22.2 Å². The summed E-state index contributed by atoms with van der Waals surface area (Å²) in [6.07, 6.45) is 1.04. The molecule has 1 aromatic heterocycles. The van der Waals surface area contributed by atoms with Crippen LogP contribution < -0.4 is 10.6 Å².